The zero-order valence-corrected chi connectivity index (χ0v) is 21.4. The van der Waals surface area contributed by atoms with Crippen molar-refractivity contribution < 1.29 is 9.14 Å². The number of aromatic amines is 1. The van der Waals surface area contributed by atoms with Gasteiger partial charge in [0.05, 0.1) is 0 Å². The summed E-state index contributed by atoms with van der Waals surface area (Å²) in [7, 11) is 0. The molecule has 2 aromatic carbocycles. The molecule has 4 aromatic rings. The molecule has 0 atom stereocenters. The Kier molecular flexibility index (Phi) is 4.20. The SMILES string of the molecule is CC1(C)CCN2CCC(C)(C)c3c4c(cc1c32)C=c1c(nc(=C(C#N)C#N)[n+]2c1[nH]c1ccccc12)O4. The quantitative estimate of drug-likeness (QED) is 0.337. The number of ether oxygens (including phenoxy) is 1. The molecule has 0 saturated carbocycles. The number of aromatic nitrogens is 3. The van der Waals surface area contributed by atoms with Crippen molar-refractivity contribution in [2.75, 3.05) is 18.0 Å². The van der Waals surface area contributed by atoms with Gasteiger partial charge in [0.2, 0.25) is 11.2 Å². The number of nitrogens with one attached hydrogen (secondary N) is 1. The fourth-order valence-electron chi connectivity index (χ4n) is 6.34. The minimum atomic E-state index is -0.0654. The van der Waals surface area contributed by atoms with Gasteiger partial charge >= 0.3 is 11.4 Å². The summed E-state index contributed by atoms with van der Waals surface area (Å²) in [6.45, 7) is 11.4. The van der Waals surface area contributed by atoms with Gasteiger partial charge in [-0.1, -0.05) is 44.8 Å². The van der Waals surface area contributed by atoms with E-state index >= 15 is 0 Å². The first-order chi connectivity index (χ1) is 17.7. The molecule has 0 unspecified atom stereocenters. The van der Waals surface area contributed by atoms with E-state index in [0.29, 0.717) is 5.88 Å². The van der Waals surface area contributed by atoms with E-state index in [1.807, 2.05) is 40.8 Å². The van der Waals surface area contributed by atoms with E-state index in [0.717, 1.165) is 59.1 Å². The normalized spacial score (nSPS) is 18.1. The molecule has 0 spiro atoms. The Morgan fingerprint density at radius 1 is 1.08 bits per heavy atom. The molecule has 3 aliphatic heterocycles. The van der Waals surface area contributed by atoms with E-state index in [-0.39, 0.29) is 21.9 Å². The fraction of sp³-hybridized carbons (Fsp3) is 0.333. The lowest BCUT2D eigenvalue weighted by molar-refractivity contribution is -0.502. The maximum atomic E-state index is 9.75. The number of hydrogen-bond donors (Lipinski definition) is 1. The highest BCUT2D eigenvalue weighted by Crippen LogP contribution is 2.54. The van der Waals surface area contributed by atoms with Crippen LogP contribution in [0.2, 0.25) is 0 Å². The Morgan fingerprint density at radius 2 is 1.81 bits per heavy atom. The number of benzene rings is 2. The standard InChI is InChI=1S/C30H26N6O/c1-29(2)9-11-35-12-10-30(3,4)23-24(35)20(29)14-17-13-19-27-33-21-7-5-6-8-22(21)36(27)26(18(15-31)16-32)34-28(19)37-25(17)23/h5-8,13-14H,9-12H2,1-4H3/p+1. The lowest BCUT2D eigenvalue weighted by Gasteiger charge is -2.48. The lowest BCUT2D eigenvalue weighted by atomic mass is 9.68. The van der Waals surface area contributed by atoms with Gasteiger partial charge in [0, 0.05) is 29.9 Å². The average Bonchev–Trinajstić information content (AvgIpc) is 3.27. The maximum Gasteiger partial charge on any atom is 0.310 e. The number of anilines is 1. The van der Waals surface area contributed by atoms with Crippen molar-refractivity contribution in [2.24, 2.45) is 0 Å². The van der Waals surface area contributed by atoms with Crippen LogP contribution in [0, 0.1) is 22.7 Å². The third-order valence-electron chi connectivity index (χ3n) is 8.49. The van der Waals surface area contributed by atoms with Gasteiger partial charge in [-0.05, 0) is 53.5 Å². The van der Waals surface area contributed by atoms with E-state index in [1.54, 1.807) is 0 Å². The monoisotopic (exact) mass is 487 g/mol. The zero-order valence-electron chi connectivity index (χ0n) is 21.4. The van der Waals surface area contributed by atoms with Crippen LogP contribution in [0.15, 0.2) is 30.3 Å². The largest absolute Gasteiger partial charge is 0.425 e. The first-order valence-corrected chi connectivity index (χ1v) is 12.8. The zero-order chi connectivity index (χ0) is 25.7. The first-order valence-electron chi connectivity index (χ1n) is 12.8. The molecule has 1 N–H and O–H groups in total. The summed E-state index contributed by atoms with van der Waals surface area (Å²) in [4.78, 5) is 10.8. The van der Waals surface area contributed by atoms with Crippen LogP contribution in [-0.2, 0) is 10.8 Å². The van der Waals surface area contributed by atoms with E-state index in [9.17, 15) is 10.5 Å². The van der Waals surface area contributed by atoms with Crippen LogP contribution in [-0.4, -0.2) is 23.1 Å². The second-order valence-corrected chi connectivity index (χ2v) is 11.6. The minimum Gasteiger partial charge on any atom is -0.425 e. The van der Waals surface area contributed by atoms with Crippen molar-refractivity contribution in [1.82, 2.24) is 9.97 Å². The molecule has 0 saturated heterocycles. The third kappa shape index (κ3) is 2.86. The third-order valence-corrected chi connectivity index (χ3v) is 8.49. The summed E-state index contributed by atoms with van der Waals surface area (Å²) >= 11 is 0. The van der Waals surface area contributed by atoms with Crippen molar-refractivity contribution in [2.45, 2.75) is 51.4 Å². The lowest BCUT2D eigenvalue weighted by Crippen LogP contribution is -2.48. The van der Waals surface area contributed by atoms with Gasteiger partial charge in [-0.3, -0.25) is 4.98 Å². The molecule has 37 heavy (non-hydrogen) atoms. The van der Waals surface area contributed by atoms with E-state index in [4.69, 9.17) is 9.72 Å². The predicted octanol–water partition coefficient (Wildman–Crippen LogP) is 3.60. The second kappa shape index (κ2) is 7.11. The Hall–Kier alpha value is -4.36. The average molecular weight is 488 g/mol. The van der Waals surface area contributed by atoms with Crippen molar-refractivity contribution in [3.8, 4) is 23.8 Å². The smallest absolute Gasteiger partial charge is 0.310 e. The van der Waals surface area contributed by atoms with Crippen molar-refractivity contribution >= 4 is 34.0 Å². The van der Waals surface area contributed by atoms with Crippen LogP contribution in [0.1, 0.15) is 57.2 Å². The molecule has 0 fully saturated rings. The molecule has 0 radical (unpaired) electrons. The summed E-state index contributed by atoms with van der Waals surface area (Å²) in [5, 5.41) is 20.3. The van der Waals surface area contributed by atoms with Crippen LogP contribution in [0.3, 0.4) is 0 Å². The minimum absolute atomic E-state index is 0.0583. The van der Waals surface area contributed by atoms with Crippen LogP contribution in [0.4, 0.5) is 5.69 Å². The van der Waals surface area contributed by atoms with Crippen LogP contribution < -0.4 is 24.7 Å². The van der Waals surface area contributed by atoms with Gasteiger partial charge < -0.3 is 9.64 Å². The summed E-state index contributed by atoms with van der Waals surface area (Å²) in [5.74, 6) is 1.25. The number of rotatable bonds is 0. The molecule has 2 aromatic heterocycles. The molecule has 7 nitrogen and oxygen atoms in total. The predicted molar refractivity (Wildman–Crippen MR) is 141 cm³/mol. The summed E-state index contributed by atoms with van der Waals surface area (Å²) in [6.07, 6.45) is 4.32. The number of para-hydroxylation sites is 2. The van der Waals surface area contributed by atoms with Crippen LogP contribution in [0.25, 0.3) is 28.3 Å². The number of nitriles is 2. The van der Waals surface area contributed by atoms with E-state index in [2.05, 4.69) is 49.7 Å². The Balaban J connectivity index is 1.65. The van der Waals surface area contributed by atoms with Gasteiger partial charge in [0.1, 0.15) is 34.1 Å². The maximum absolute atomic E-state index is 9.75. The molecule has 3 aliphatic rings. The van der Waals surface area contributed by atoms with Gasteiger partial charge in [-0.15, -0.1) is 0 Å². The van der Waals surface area contributed by atoms with Crippen molar-refractivity contribution in [1.29, 1.82) is 10.5 Å². The number of imidazole rings is 1. The highest BCUT2D eigenvalue weighted by molar-refractivity contribution is 5.81. The molecule has 7 heteroatoms. The molecular formula is C30H27N6O+. The topological polar surface area (TPSA) is 92.8 Å². The Morgan fingerprint density at radius 3 is 2.57 bits per heavy atom. The van der Waals surface area contributed by atoms with Gasteiger partial charge in [0.25, 0.3) is 0 Å². The van der Waals surface area contributed by atoms with Crippen LogP contribution in [0.5, 0.6) is 11.6 Å². The van der Waals surface area contributed by atoms with Gasteiger partial charge in [0.15, 0.2) is 0 Å². The number of H-pyrrole nitrogens is 1. The molecule has 0 aliphatic carbocycles. The number of fused-ring (bicyclic) bond motifs is 7. The summed E-state index contributed by atoms with van der Waals surface area (Å²) in [5.41, 5.74) is 7.68. The van der Waals surface area contributed by atoms with Gasteiger partial charge in [-0.25, -0.2) is 0 Å². The number of nitrogens with zero attached hydrogens (tertiary/aromatic N) is 5. The highest BCUT2D eigenvalue weighted by Gasteiger charge is 2.43. The molecule has 5 heterocycles. The Labute approximate surface area is 214 Å². The van der Waals surface area contributed by atoms with E-state index < -0.39 is 0 Å². The first kappa shape index (κ1) is 21.9. The van der Waals surface area contributed by atoms with Crippen molar-refractivity contribution in [3.63, 3.8) is 0 Å². The molecule has 0 bridgehead atoms. The van der Waals surface area contributed by atoms with Gasteiger partial charge in [-0.2, -0.15) is 14.9 Å². The molecule has 7 rings (SSSR count). The highest BCUT2D eigenvalue weighted by atomic mass is 16.5. The number of hydrogen-bond acceptors (Lipinski definition) is 5. The summed E-state index contributed by atoms with van der Waals surface area (Å²) < 4.78 is 8.56. The Bertz CT molecular complexity index is 1880. The fourth-order valence-corrected chi connectivity index (χ4v) is 6.34. The summed E-state index contributed by atoms with van der Waals surface area (Å²) in [6, 6.07) is 14.2. The van der Waals surface area contributed by atoms with Crippen LogP contribution >= 0.6 is 0 Å². The van der Waals surface area contributed by atoms with Crippen molar-refractivity contribution in [3.05, 3.63) is 57.7 Å². The second-order valence-electron chi connectivity index (χ2n) is 11.6. The molecule has 182 valence electrons. The molecule has 0 amide bonds. The van der Waals surface area contributed by atoms with E-state index in [1.165, 1.54) is 16.8 Å². The molecular weight excluding hydrogens is 460 g/mol.